The predicted octanol–water partition coefficient (Wildman–Crippen LogP) is -1.03. The van der Waals surface area contributed by atoms with Gasteiger partial charge >= 0.3 is 12.0 Å². The summed E-state index contributed by atoms with van der Waals surface area (Å²) in [7, 11) is 0. The van der Waals surface area contributed by atoms with E-state index in [4.69, 9.17) is 16.6 Å². The van der Waals surface area contributed by atoms with Crippen molar-refractivity contribution in [1.82, 2.24) is 5.32 Å². The van der Waals surface area contributed by atoms with E-state index in [1.54, 1.807) is 0 Å². The number of aliphatic carboxylic acids is 1. The molecule has 0 radical (unpaired) electrons. The Kier molecular flexibility index (Phi) is 4.56. The number of nitrogens with zero attached hydrogens (tertiary/aromatic N) is 1. The summed E-state index contributed by atoms with van der Waals surface area (Å²) in [6, 6.07) is -1.51. The number of hydrogen-bond donors (Lipinski definition) is 4. The minimum Gasteiger partial charge on any atom is -0.480 e. The molecule has 0 aromatic carbocycles. The van der Waals surface area contributed by atoms with E-state index in [-0.39, 0.29) is 11.9 Å². The van der Waals surface area contributed by atoms with Crippen LogP contribution in [-0.2, 0) is 4.79 Å². The van der Waals surface area contributed by atoms with E-state index in [2.05, 4.69) is 10.3 Å². The van der Waals surface area contributed by atoms with Crippen LogP contribution in [0.25, 0.3) is 0 Å². The highest BCUT2D eigenvalue weighted by atomic mass is 32.2. The quantitative estimate of drug-likeness (QED) is 0.443. The zero-order chi connectivity index (χ0) is 12.1. The normalized spacial score (nSPS) is 21.4. The molecule has 2 unspecified atom stereocenters. The summed E-state index contributed by atoms with van der Waals surface area (Å²) in [5.41, 5.74) is 10.8. The molecule has 0 saturated carbocycles. The van der Waals surface area contributed by atoms with Crippen LogP contribution in [0.15, 0.2) is 4.99 Å². The summed E-state index contributed by atoms with van der Waals surface area (Å²) in [5.74, 6) is 0.455. The van der Waals surface area contributed by atoms with Crippen LogP contribution < -0.4 is 16.8 Å². The topological polar surface area (TPSA) is 131 Å². The predicted molar refractivity (Wildman–Crippen MR) is 61.5 cm³/mol. The Morgan fingerprint density at radius 2 is 2.38 bits per heavy atom. The highest BCUT2D eigenvalue weighted by Crippen LogP contribution is 2.09. The summed E-state index contributed by atoms with van der Waals surface area (Å²) >= 11 is 1.48. The Bertz CT molecular complexity index is 320. The lowest BCUT2D eigenvalue weighted by Gasteiger charge is -2.10. The molecular formula is C8H14N4O3S. The number of urea groups is 1. The van der Waals surface area contributed by atoms with Gasteiger partial charge in [-0.05, 0) is 12.2 Å². The molecule has 0 aliphatic carbocycles. The summed E-state index contributed by atoms with van der Waals surface area (Å²) in [6.07, 6.45) is 0.387. The maximum absolute atomic E-state index is 10.8. The lowest BCUT2D eigenvalue weighted by atomic mass is 10.2. The molecule has 1 aliphatic rings. The van der Waals surface area contributed by atoms with Crippen LogP contribution in [0.2, 0.25) is 0 Å². The molecule has 2 amide bonds. The van der Waals surface area contributed by atoms with E-state index < -0.39 is 18.0 Å². The van der Waals surface area contributed by atoms with E-state index in [0.29, 0.717) is 17.9 Å². The van der Waals surface area contributed by atoms with Crippen molar-refractivity contribution in [2.75, 3.05) is 11.5 Å². The van der Waals surface area contributed by atoms with Crippen LogP contribution in [0.4, 0.5) is 4.79 Å². The molecule has 16 heavy (non-hydrogen) atoms. The van der Waals surface area contributed by atoms with Gasteiger partial charge in [-0.1, -0.05) is 0 Å². The van der Waals surface area contributed by atoms with Crippen LogP contribution in [0, 0.1) is 0 Å². The van der Waals surface area contributed by atoms with Gasteiger partial charge in [-0.25, -0.2) is 4.79 Å². The van der Waals surface area contributed by atoms with Gasteiger partial charge in [0.15, 0.2) is 0 Å². The molecule has 0 spiro atoms. The number of carboxylic acids is 1. The summed E-state index contributed by atoms with van der Waals surface area (Å²) in [4.78, 5) is 24.7. The monoisotopic (exact) mass is 246 g/mol. The minimum atomic E-state index is -1.00. The van der Waals surface area contributed by atoms with Crippen LogP contribution in [0.3, 0.4) is 0 Å². The van der Waals surface area contributed by atoms with Gasteiger partial charge < -0.3 is 21.9 Å². The Labute approximate surface area is 96.7 Å². The number of aliphatic imine (C=N–C) groups is 1. The smallest absolute Gasteiger partial charge is 0.343 e. The van der Waals surface area contributed by atoms with Crippen molar-refractivity contribution in [2.24, 2.45) is 16.5 Å². The summed E-state index contributed by atoms with van der Waals surface area (Å²) in [5, 5.41) is 11.1. The van der Waals surface area contributed by atoms with Crippen molar-refractivity contribution in [2.45, 2.75) is 18.5 Å². The Morgan fingerprint density at radius 1 is 1.69 bits per heavy atom. The van der Waals surface area contributed by atoms with Crippen molar-refractivity contribution >= 4 is 29.6 Å². The first-order valence-corrected chi connectivity index (χ1v) is 5.87. The minimum absolute atomic E-state index is 0.251. The Balaban J connectivity index is 2.15. The van der Waals surface area contributed by atoms with Gasteiger partial charge in [0.1, 0.15) is 11.9 Å². The molecule has 0 saturated heterocycles. The van der Waals surface area contributed by atoms with Gasteiger partial charge in [0.05, 0.1) is 6.04 Å². The highest BCUT2D eigenvalue weighted by Gasteiger charge is 2.23. The Morgan fingerprint density at radius 3 is 2.88 bits per heavy atom. The number of carbonyl (C=O) groups excluding carboxylic acids is 1. The van der Waals surface area contributed by atoms with E-state index in [0.717, 1.165) is 0 Å². The van der Waals surface area contributed by atoms with Gasteiger partial charge in [-0.15, -0.1) is 0 Å². The van der Waals surface area contributed by atoms with Crippen molar-refractivity contribution in [3.8, 4) is 0 Å². The third kappa shape index (κ3) is 3.70. The molecule has 0 aromatic heterocycles. The molecule has 0 fully saturated rings. The van der Waals surface area contributed by atoms with E-state index >= 15 is 0 Å². The standard InChI is InChI=1S/C8H14N4O3S/c9-4(7(13)14)1-2-16-3-5-6(10)12-8(15)11-5/h4-5H,1-3,9H2,(H,13,14)(H3,10,11,12,15). The second-order valence-electron chi connectivity index (χ2n) is 3.35. The average Bonchev–Trinajstić information content (AvgIpc) is 2.51. The number of carbonyl (C=O) groups is 2. The van der Waals surface area contributed by atoms with Crippen LogP contribution in [0.1, 0.15) is 6.42 Å². The van der Waals surface area contributed by atoms with Gasteiger partial charge in [0.2, 0.25) is 0 Å². The fourth-order valence-electron chi connectivity index (χ4n) is 1.11. The van der Waals surface area contributed by atoms with Gasteiger partial charge in [-0.3, -0.25) is 4.79 Å². The number of thioether (sulfide) groups is 1. The maximum atomic E-state index is 10.8. The van der Waals surface area contributed by atoms with Gasteiger partial charge in [0.25, 0.3) is 0 Å². The molecule has 2 atom stereocenters. The van der Waals surface area contributed by atoms with Crippen molar-refractivity contribution in [3.05, 3.63) is 0 Å². The first-order valence-electron chi connectivity index (χ1n) is 4.71. The molecular weight excluding hydrogens is 232 g/mol. The number of rotatable bonds is 6. The van der Waals surface area contributed by atoms with Crippen LogP contribution in [-0.4, -0.2) is 46.5 Å². The fraction of sp³-hybridized carbons (Fsp3) is 0.625. The third-order valence-corrected chi connectivity index (χ3v) is 3.15. The van der Waals surface area contributed by atoms with Gasteiger partial charge in [-0.2, -0.15) is 16.8 Å². The molecule has 8 heteroatoms. The fourth-order valence-corrected chi connectivity index (χ4v) is 2.19. The zero-order valence-electron chi connectivity index (χ0n) is 8.55. The lowest BCUT2D eigenvalue weighted by molar-refractivity contribution is -0.138. The molecule has 6 N–H and O–H groups in total. The number of nitrogens with one attached hydrogen (secondary N) is 1. The molecule has 0 aromatic rings. The number of amidine groups is 1. The van der Waals surface area contributed by atoms with Crippen LogP contribution in [0.5, 0.6) is 0 Å². The third-order valence-electron chi connectivity index (χ3n) is 2.06. The van der Waals surface area contributed by atoms with Crippen molar-refractivity contribution in [1.29, 1.82) is 0 Å². The molecule has 1 heterocycles. The first kappa shape index (κ1) is 12.8. The molecule has 7 nitrogen and oxygen atoms in total. The molecule has 1 rings (SSSR count). The summed E-state index contributed by atoms with van der Waals surface area (Å²) in [6.45, 7) is 0. The number of nitrogens with two attached hydrogens (primary N) is 2. The molecule has 90 valence electrons. The first-order chi connectivity index (χ1) is 7.50. The van der Waals surface area contributed by atoms with Gasteiger partial charge in [0, 0.05) is 5.75 Å². The zero-order valence-corrected chi connectivity index (χ0v) is 9.37. The maximum Gasteiger partial charge on any atom is 0.343 e. The molecule has 1 aliphatic heterocycles. The largest absolute Gasteiger partial charge is 0.480 e. The molecule has 0 bridgehead atoms. The SMILES string of the molecule is NC1=NC(=O)NC1CSCCC(N)C(=O)O. The van der Waals surface area contributed by atoms with Crippen LogP contribution >= 0.6 is 11.8 Å². The average molecular weight is 246 g/mol. The second-order valence-corrected chi connectivity index (χ2v) is 4.50. The number of amides is 2. The number of carboxylic acid groups (broad SMARTS) is 1. The highest BCUT2D eigenvalue weighted by molar-refractivity contribution is 7.99. The lowest BCUT2D eigenvalue weighted by Crippen LogP contribution is -2.38. The van der Waals surface area contributed by atoms with E-state index in [9.17, 15) is 9.59 Å². The van der Waals surface area contributed by atoms with Crippen molar-refractivity contribution < 1.29 is 14.7 Å². The van der Waals surface area contributed by atoms with E-state index in [1.807, 2.05) is 0 Å². The summed E-state index contributed by atoms with van der Waals surface area (Å²) < 4.78 is 0. The Hall–Kier alpha value is -1.28. The second kappa shape index (κ2) is 5.71. The van der Waals surface area contributed by atoms with E-state index in [1.165, 1.54) is 11.8 Å². The van der Waals surface area contributed by atoms with Crippen molar-refractivity contribution in [3.63, 3.8) is 0 Å². The number of hydrogen-bond acceptors (Lipinski definition) is 5.